The number of anilines is 2. The molecule has 5 rings (SSSR count). The number of fused-ring (bicyclic) bond motifs is 1. The molecule has 154 valence electrons. The molecule has 30 heavy (non-hydrogen) atoms. The highest BCUT2D eigenvalue weighted by Gasteiger charge is 2.21. The Morgan fingerprint density at radius 2 is 2.13 bits per heavy atom. The molecule has 0 radical (unpaired) electrons. The van der Waals surface area contributed by atoms with Crippen LogP contribution in [0, 0.1) is 6.92 Å². The van der Waals surface area contributed by atoms with Crippen molar-refractivity contribution in [2.75, 3.05) is 5.32 Å². The molecule has 4 heterocycles. The maximum absolute atomic E-state index is 12.6. The summed E-state index contributed by atoms with van der Waals surface area (Å²) in [7, 11) is 0. The van der Waals surface area contributed by atoms with E-state index in [0.29, 0.717) is 11.4 Å². The van der Waals surface area contributed by atoms with Gasteiger partial charge in [0.2, 0.25) is 0 Å². The number of rotatable bonds is 5. The van der Waals surface area contributed by atoms with Gasteiger partial charge in [-0.2, -0.15) is 5.10 Å². The van der Waals surface area contributed by atoms with E-state index >= 15 is 0 Å². The average Bonchev–Trinajstić information content (AvgIpc) is 3.47. The molecule has 0 atom stereocenters. The molecule has 0 aromatic carbocycles. The lowest BCUT2D eigenvalue weighted by atomic mass is 9.97. The van der Waals surface area contributed by atoms with Gasteiger partial charge in [0.15, 0.2) is 5.13 Å². The molecule has 1 aliphatic carbocycles. The van der Waals surface area contributed by atoms with Gasteiger partial charge >= 0.3 is 0 Å². The smallest absolute Gasteiger partial charge is 0.272 e. The van der Waals surface area contributed by atoms with Gasteiger partial charge in [-0.3, -0.25) is 4.79 Å². The van der Waals surface area contributed by atoms with Crippen LogP contribution < -0.4 is 10.9 Å². The summed E-state index contributed by atoms with van der Waals surface area (Å²) in [6.45, 7) is 4.81. The molecule has 0 spiro atoms. The van der Waals surface area contributed by atoms with Crippen molar-refractivity contribution in [1.82, 2.24) is 29.3 Å². The van der Waals surface area contributed by atoms with Gasteiger partial charge in [0, 0.05) is 23.7 Å². The normalized spacial score (nSPS) is 13.4. The number of aromatic amines is 1. The zero-order chi connectivity index (χ0) is 20.7. The van der Waals surface area contributed by atoms with Crippen LogP contribution in [0.3, 0.4) is 0 Å². The lowest BCUT2D eigenvalue weighted by molar-refractivity contribution is 0.635. The van der Waals surface area contributed by atoms with Crippen LogP contribution in [0.2, 0.25) is 0 Å². The van der Waals surface area contributed by atoms with E-state index in [4.69, 9.17) is 10.1 Å². The summed E-state index contributed by atoms with van der Waals surface area (Å²) in [5.41, 5.74) is 5.17. The molecule has 8 nitrogen and oxygen atoms in total. The average molecular weight is 422 g/mol. The largest absolute Gasteiger partial charge is 0.319 e. The molecule has 9 heteroatoms. The third kappa shape index (κ3) is 3.35. The van der Waals surface area contributed by atoms with Crippen molar-refractivity contribution in [3.63, 3.8) is 0 Å². The molecule has 0 saturated heterocycles. The third-order valence-electron chi connectivity index (χ3n) is 5.41. The number of pyridine rings is 1. The molecule has 1 aliphatic rings. The first-order valence-corrected chi connectivity index (χ1v) is 11.1. The molecule has 0 fully saturated rings. The molecular weight excluding hydrogens is 398 g/mol. The first-order chi connectivity index (χ1) is 14.6. The predicted octanol–water partition coefficient (Wildman–Crippen LogP) is 3.83. The predicted molar refractivity (Wildman–Crippen MR) is 118 cm³/mol. The molecule has 0 unspecified atom stereocenters. The van der Waals surface area contributed by atoms with E-state index in [1.165, 1.54) is 35.4 Å². The van der Waals surface area contributed by atoms with Crippen molar-refractivity contribution in [3.05, 3.63) is 57.3 Å². The maximum atomic E-state index is 12.6. The number of imidazole rings is 1. The number of aryl methyl sites for hydroxylation is 3. The minimum absolute atomic E-state index is 0.175. The van der Waals surface area contributed by atoms with E-state index in [0.717, 1.165) is 41.7 Å². The van der Waals surface area contributed by atoms with Crippen molar-refractivity contribution in [3.8, 4) is 17.1 Å². The molecule has 4 aromatic heterocycles. The Bertz CT molecular complexity index is 1260. The van der Waals surface area contributed by atoms with Gasteiger partial charge in [0.1, 0.15) is 11.5 Å². The van der Waals surface area contributed by atoms with Crippen molar-refractivity contribution in [2.45, 2.75) is 46.1 Å². The second kappa shape index (κ2) is 7.56. The summed E-state index contributed by atoms with van der Waals surface area (Å²) < 4.78 is 3.75. The van der Waals surface area contributed by atoms with E-state index in [1.807, 2.05) is 29.2 Å². The van der Waals surface area contributed by atoms with Crippen LogP contribution in [0.25, 0.3) is 17.1 Å². The third-order valence-corrected chi connectivity index (χ3v) is 6.17. The van der Waals surface area contributed by atoms with E-state index in [-0.39, 0.29) is 5.56 Å². The minimum Gasteiger partial charge on any atom is -0.319 e. The summed E-state index contributed by atoms with van der Waals surface area (Å²) in [5, 5.41) is 11.0. The fourth-order valence-electron chi connectivity index (χ4n) is 3.90. The fraction of sp³-hybridized carbons (Fsp3) is 0.333. The highest BCUT2D eigenvalue weighted by molar-refractivity contribution is 7.14. The van der Waals surface area contributed by atoms with Gasteiger partial charge in [0.25, 0.3) is 5.56 Å². The van der Waals surface area contributed by atoms with Crippen LogP contribution in [0.5, 0.6) is 0 Å². The Labute approximate surface area is 177 Å². The van der Waals surface area contributed by atoms with E-state index in [9.17, 15) is 4.79 Å². The lowest BCUT2D eigenvalue weighted by Gasteiger charge is -2.12. The summed E-state index contributed by atoms with van der Waals surface area (Å²) in [5.74, 6) is 1.05. The lowest BCUT2D eigenvalue weighted by Crippen LogP contribution is -2.14. The number of H-pyrrole nitrogens is 1. The van der Waals surface area contributed by atoms with Crippen LogP contribution in [-0.2, 0) is 19.4 Å². The standard InChI is InChI=1S/C21H23N7OS/c1-3-28-19(14-6-4-5-7-15(14)26-28)25-21-24-17(11-30-21)16-8-9-18(20(29)23-16)27-10-13(2)22-12-27/h8-12H,3-7H2,1-2H3,(H,23,29)(H,24,25). The minimum atomic E-state index is -0.175. The van der Waals surface area contributed by atoms with Gasteiger partial charge in [-0.1, -0.05) is 0 Å². The highest BCUT2D eigenvalue weighted by Crippen LogP contribution is 2.32. The number of aromatic nitrogens is 6. The van der Waals surface area contributed by atoms with Gasteiger partial charge in [0.05, 0.1) is 29.1 Å². The van der Waals surface area contributed by atoms with Crippen LogP contribution in [0.4, 0.5) is 10.9 Å². The van der Waals surface area contributed by atoms with Crippen LogP contribution in [-0.4, -0.2) is 29.3 Å². The molecule has 0 amide bonds. The van der Waals surface area contributed by atoms with Gasteiger partial charge in [-0.05, 0) is 51.7 Å². The number of hydrogen-bond acceptors (Lipinski definition) is 6. The maximum Gasteiger partial charge on any atom is 0.272 e. The monoisotopic (exact) mass is 421 g/mol. The molecular formula is C21H23N7OS. The van der Waals surface area contributed by atoms with E-state index < -0.39 is 0 Å². The molecule has 2 N–H and O–H groups in total. The fourth-order valence-corrected chi connectivity index (χ4v) is 4.61. The van der Waals surface area contributed by atoms with Gasteiger partial charge in [-0.25, -0.2) is 14.6 Å². The first kappa shape index (κ1) is 18.8. The van der Waals surface area contributed by atoms with Gasteiger partial charge in [-0.15, -0.1) is 11.3 Å². The topological polar surface area (TPSA) is 93.4 Å². The Balaban J connectivity index is 1.42. The van der Waals surface area contributed by atoms with Crippen molar-refractivity contribution < 1.29 is 0 Å². The molecule has 0 aliphatic heterocycles. The van der Waals surface area contributed by atoms with Crippen LogP contribution in [0.15, 0.2) is 34.8 Å². The zero-order valence-electron chi connectivity index (χ0n) is 17.0. The van der Waals surface area contributed by atoms with E-state index in [2.05, 4.69) is 22.2 Å². The van der Waals surface area contributed by atoms with Gasteiger partial charge < -0.3 is 14.9 Å². The highest BCUT2D eigenvalue weighted by atomic mass is 32.1. The number of thiazole rings is 1. The first-order valence-electron chi connectivity index (χ1n) is 10.2. The SMILES string of the molecule is CCn1nc2c(c1Nc1nc(-c3ccc(-n4cnc(C)c4)c(=O)[nH]3)cs1)CCCC2. The van der Waals surface area contributed by atoms with Crippen molar-refractivity contribution in [1.29, 1.82) is 0 Å². The summed E-state index contributed by atoms with van der Waals surface area (Å²) in [4.78, 5) is 24.4. The van der Waals surface area contributed by atoms with Crippen LogP contribution >= 0.6 is 11.3 Å². The molecule has 0 saturated carbocycles. The molecule has 0 bridgehead atoms. The number of hydrogen-bond donors (Lipinski definition) is 2. The van der Waals surface area contributed by atoms with Crippen molar-refractivity contribution >= 4 is 22.3 Å². The Morgan fingerprint density at radius 1 is 1.27 bits per heavy atom. The summed E-state index contributed by atoms with van der Waals surface area (Å²) in [6.07, 6.45) is 7.97. The summed E-state index contributed by atoms with van der Waals surface area (Å²) in [6, 6.07) is 3.67. The van der Waals surface area contributed by atoms with Crippen molar-refractivity contribution in [2.24, 2.45) is 0 Å². The van der Waals surface area contributed by atoms with Crippen LogP contribution in [0.1, 0.15) is 36.7 Å². The second-order valence-electron chi connectivity index (χ2n) is 7.47. The Kier molecular flexibility index (Phi) is 4.74. The quantitative estimate of drug-likeness (QED) is 0.511. The van der Waals surface area contributed by atoms with E-state index in [1.54, 1.807) is 17.0 Å². The second-order valence-corrected chi connectivity index (χ2v) is 8.33. The number of nitrogens with zero attached hydrogens (tertiary/aromatic N) is 5. The Morgan fingerprint density at radius 3 is 2.90 bits per heavy atom. The molecule has 4 aromatic rings. The Hall–Kier alpha value is -3.20. The number of nitrogens with one attached hydrogen (secondary N) is 2. The zero-order valence-corrected chi connectivity index (χ0v) is 17.8. The summed E-state index contributed by atoms with van der Waals surface area (Å²) >= 11 is 1.52.